The number of hydrogen-bond acceptors (Lipinski definition) is 14. The van der Waals surface area contributed by atoms with Crippen molar-refractivity contribution in [3.05, 3.63) is 34.2 Å². The van der Waals surface area contributed by atoms with Crippen molar-refractivity contribution < 1.29 is 40.6 Å². The second-order valence-electron chi connectivity index (χ2n) is 10.5. The Bertz CT molecular complexity index is 1760. The van der Waals surface area contributed by atoms with Crippen LogP contribution in [-0.2, 0) is 38.7 Å². The van der Waals surface area contributed by atoms with Gasteiger partial charge < -0.3 is 40.3 Å². The van der Waals surface area contributed by atoms with E-state index in [9.17, 15) is 18.0 Å². The smallest absolute Gasteiger partial charge is 0.320 e. The summed E-state index contributed by atoms with van der Waals surface area (Å²) in [4.78, 5) is 32.7. The lowest BCUT2D eigenvalue weighted by molar-refractivity contribution is -0.138. The van der Waals surface area contributed by atoms with E-state index in [-0.39, 0.29) is 16.3 Å². The average Bonchev–Trinajstić information content (AvgIpc) is 3.31. The van der Waals surface area contributed by atoms with Crippen LogP contribution in [0.25, 0.3) is 22.4 Å². The van der Waals surface area contributed by atoms with E-state index in [4.69, 9.17) is 43.8 Å². The van der Waals surface area contributed by atoms with Gasteiger partial charge in [-0.15, -0.1) is 0 Å². The number of fused-ring (bicyclic) bond motifs is 1. The standard InChI is InChI=1S/C22H30N6O4S.C5H12N2O2.H2O4S/c1-5-7-17-19-20(27(4)25-17)22(29)24-21(23-19)16-14-15(8-9-18(16)32-6-2)33(30,31)28-12-10-26(3)11-13-28;6-3-1-2-4(7)5(8)9;1-5(2,3)4/h8-9,14H,5-7,10-13H2,1-4H3,(H,23,24,29);4H,1-3,6-7H2,(H,8,9);(H2,1,2,3,4)/p-2/t;4-;/m.0./s1. The number of nitrogens with zero attached hydrogens (tertiary/aromatic N) is 5. The Kier molecular flexibility index (Phi) is 14.9. The molecular weight excluding hydrogens is 660 g/mol. The molecule has 1 fully saturated rings. The monoisotopic (exact) mass is 702 g/mol. The number of sulfonamides is 1. The summed E-state index contributed by atoms with van der Waals surface area (Å²) in [7, 11) is -5.17. The van der Waals surface area contributed by atoms with Crippen LogP contribution in [0, 0.1) is 0 Å². The van der Waals surface area contributed by atoms with E-state index in [1.165, 1.54) is 8.99 Å². The number of rotatable bonds is 11. The number of likely N-dealkylation sites (N-methyl/N-ethyl adjacent to an activating group) is 1. The predicted molar refractivity (Wildman–Crippen MR) is 170 cm³/mol. The van der Waals surface area contributed by atoms with E-state index in [0.717, 1.165) is 12.1 Å². The first-order chi connectivity index (χ1) is 21.9. The Labute approximate surface area is 273 Å². The average molecular weight is 703 g/mol. The molecular formula is C27H42N8O10S2-2. The fourth-order valence-corrected chi connectivity index (χ4v) is 6.00. The van der Waals surface area contributed by atoms with Crippen molar-refractivity contribution in [2.24, 2.45) is 18.5 Å². The number of nitrogens with one attached hydrogen (secondary N) is 1. The lowest BCUT2D eigenvalue weighted by Crippen LogP contribution is -2.47. The first-order valence-corrected chi connectivity index (χ1v) is 17.5. The number of H-pyrrole nitrogens is 1. The summed E-state index contributed by atoms with van der Waals surface area (Å²) in [5.41, 5.74) is 12.0. The van der Waals surface area contributed by atoms with Crippen LogP contribution in [-0.4, -0.2) is 118 Å². The van der Waals surface area contributed by atoms with Gasteiger partial charge in [-0.3, -0.25) is 22.7 Å². The molecule has 1 aromatic carbocycles. The van der Waals surface area contributed by atoms with Gasteiger partial charge in [0.1, 0.15) is 23.1 Å². The van der Waals surface area contributed by atoms with Gasteiger partial charge in [0, 0.05) is 43.6 Å². The Morgan fingerprint density at radius 1 is 1.13 bits per heavy atom. The molecule has 1 atom stereocenters. The number of aliphatic carboxylic acids is 1. The minimum absolute atomic E-state index is 0.147. The van der Waals surface area contributed by atoms with Gasteiger partial charge in [-0.05, 0) is 58.0 Å². The number of nitrogens with two attached hydrogens (primary N) is 2. The zero-order chi connectivity index (χ0) is 35.5. The minimum Gasteiger partial charge on any atom is -0.759 e. The van der Waals surface area contributed by atoms with Crippen molar-refractivity contribution in [2.45, 2.75) is 50.5 Å². The van der Waals surface area contributed by atoms with Gasteiger partial charge in [-0.25, -0.2) is 13.4 Å². The summed E-state index contributed by atoms with van der Waals surface area (Å²) in [6, 6.07) is 3.97. The quantitative estimate of drug-likeness (QED) is 0.143. The second-order valence-corrected chi connectivity index (χ2v) is 13.3. The molecule has 264 valence electrons. The van der Waals surface area contributed by atoms with Crippen molar-refractivity contribution in [2.75, 3.05) is 46.4 Å². The topological polar surface area (TPSA) is 283 Å². The maximum Gasteiger partial charge on any atom is 0.320 e. The maximum atomic E-state index is 13.3. The molecule has 1 aliphatic heterocycles. The van der Waals surface area contributed by atoms with Gasteiger partial charge in [-0.2, -0.15) is 9.40 Å². The fraction of sp³-hybridized carbons (Fsp3) is 0.556. The number of hydrogen-bond donors (Lipinski definition) is 4. The van der Waals surface area contributed by atoms with Crippen molar-refractivity contribution >= 4 is 37.4 Å². The molecule has 0 unspecified atom stereocenters. The first kappa shape index (κ1) is 39.7. The molecule has 0 spiro atoms. The van der Waals surface area contributed by atoms with Gasteiger partial charge >= 0.3 is 5.97 Å². The zero-order valence-corrected chi connectivity index (χ0v) is 28.3. The van der Waals surface area contributed by atoms with Crippen LogP contribution < -0.4 is 21.8 Å². The van der Waals surface area contributed by atoms with Crippen molar-refractivity contribution in [1.29, 1.82) is 0 Å². The highest BCUT2D eigenvalue weighted by molar-refractivity contribution is 7.89. The number of ether oxygens (including phenoxy) is 1. The van der Waals surface area contributed by atoms with E-state index < -0.39 is 32.4 Å². The molecule has 0 aliphatic carbocycles. The highest BCUT2D eigenvalue weighted by Gasteiger charge is 2.29. The number of aromatic nitrogens is 4. The largest absolute Gasteiger partial charge is 0.759 e. The minimum atomic E-state index is -5.17. The van der Waals surface area contributed by atoms with Gasteiger partial charge in [-0.1, -0.05) is 13.3 Å². The van der Waals surface area contributed by atoms with Gasteiger partial charge in [0.05, 0.1) is 22.8 Å². The van der Waals surface area contributed by atoms with Crippen LogP contribution in [0.5, 0.6) is 5.75 Å². The molecule has 0 amide bonds. The van der Waals surface area contributed by atoms with E-state index in [1.807, 2.05) is 20.9 Å². The lowest BCUT2D eigenvalue weighted by Gasteiger charge is -2.31. The molecule has 1 saturated heterocycles. The normalized spacial score (nSPS) is 14.9. The third-order valence-electron chi connectivity index (χ3n) is 6.89. The molecule has 47 heavy (non-hydrogen) atoms. The highest BCUT2D eigenvalue weighted by atomic mass is 32.3. The van der Waals surface area contributed by atoms with Crippen LogP contribution in [0.15, 0.2) is 27.9 Å². The molecule has 2 aromatic heterocycles. The number of benzene rings is 1. The van der Waals surface area contributed by atoms with Gasteiger partial charge in [0.25, 0.3) is 5.56 Å². The van der Waals surface area contributed by atoms with Crippen molar-refractivity contribution in [3.8, 4) is 17.1 Å². The Morgan fingerprint density at radius 3 is 2.28 bits per heavy atom. The molecule has 3 aromatic rings. The number of carbonyl (C=O) groups is 1. The molecule has 0 bridgehead atoms. The van der Waals surface area contributed by atoms with E-state index in [2.05, 4.69) is 15.0 Å². The van der Waals surface area contributed by atoms with Crippen LogP contribution in [0.3, 0.4) is 0 Å². The van der Waals surface area contributed by atoms with Gasteiger partial charge in [0.2, 0.25) is 10.0 Å². The molecule has 4 rings (SSSR count). The summed E-state index contributed by atoms with van der Waals surface area (Å²) in [5, 5.41) is 12.7. The number of aryl methyl sites for hydroxylation is 2. The molecule has 1 aliphatic rings. The number of piperazine rings is 1. The highest BCUT2D eigenvalue weighted by Crippen LogP contribution is 2.32. The molecule has 0 saturated carbocycles. The van der Waals surface area contributed by atoms with E-state index >= 15 is 0 Å². The lowest BCUT2D eigenvalue weighted by atomic mass is 10.1. The van der Waals surface area contributed by atoms with Crippen molar-refractivity contribution in [1.82, 2.24) is 29.0 Å². The maximum absolute atomic E-state index is 13.3. The number of carboxylic acid groups (broad SMARTS) is 1. The Balaban J connectivity index is 0.000000460. The van der Waals surface area contributed by atoms with Crippen molar-refractivity contribution in [3.63, 3.8) is 0 Å². The van der Waals surface area contributed by atoms with Crippen LogP contribution in [0.4, 0.5) is 0 Å². The Morgan fingerprint density at radius 2 is 1.74 bits per heavy atom. The summed E-state index contributed by atoms with van der Waals surface area (Å²) < 4.78 is 69.5. The Hall–Kier alpha value is -3.50. The van der Waals surface area contributed by atoms with Crippen LogP contribution >= 0.6 is 0 Å². The number of aromatic amines is 1. The van der Waals surface area contributed by atoms with Crippen LogP contribution in [0.2, 0.25) is 0 Å². The molecule has 0 radical (unpaired) electrons. The second kappa shape index (κ2) is 17.6. The number of carboxylic acids is 1. The zero-order valence-electron chi connectivity index (χ0n) is 26.7. The summed E-state index contributed by atoms with van der Waals surface area (Å²) in [6.45, 7) is 6.98. The molecule has 18 nitrogen and oxygen atoms in total. The van der Waals surface area contributed by atoms with Gasteiger partial charge in [0.15, 0.2) is 5.52 Å². The predicted octanol–water partition coefficient (Wildman–Crippen LogP) is -0.590. The summed E-state index contributed by atoms with van der Waals surface area (Å²) >= 11 is 0. The van der Waals surface area contributed by atoms with E-state index in [0.29, 0.717) is 80.9 Å². The summed E-state index contributed by atoms with van der Waals surface area (Å²) in [6.07, 6.45) is 2.68. The third-order valence-corrected chi connectivity index (χ3v) is 8.79. The van der Waals surface area contributed by atoms with E-state index in [1.54, 1.807) is 25.2 Å². The molecule has 20 heteroatoms. The molecule has 6 N–H and O–H groups in total. The van der Waals surface area contributed by atoms with Crippen LogP contribution in [0.1, 0.15) is 38.8 Å². The third kappa shape index (κ3) is 11.6. The fourth-order valence-electron chi connectivity index (χ4n) is 4.55. The SMILES string of the molecule is CCCc1nn(C)c2c(=O)[nH]c(-c3cc(S(=O)(=O)N4CCN(C)CC4)ccc3OCC)nc12.NCCC[C@H](N)C(=O)O.O=S(=O)([O-])[O-]. The molecule has 3 heterocycles. The first-order valence-electron chi connectivity index (χ1n) is 14.7. The summed E-state index contributed by atoms with van der Waals surface area (Å²) in [5.74, 6) is -0.238.